The number of pyridine rings is 1. The van der Waals surface area contributed by atoms with Gasteiger partial charge in [0.25, 0.3) is 0 Å². The van der Waals surface area contributed by atoms with Crippen molar-refractivity contribution >= 4 is 11.6 Å². The number of hydrogen-bond donors (Lipinski definition) is 2. The van der Waals surface area contributed by atoms with Gasteiger partial charge in [-0.1, -0.05) is 18.7 Å². The average molecular weight is 391 g/mol. The van der Waals surface area contributed by atoms with Gasteiger partial charge >= 0.3 is 6.36 Å². The lowest BCUT2D eigenvalue weighted by Crippen LogP contribution is -2.21. The minimum Gasteiger partial charge on any atom is -0.406 e. The van der Waals surface area contributed by atoms with Gasteiger partial charge in [0.2, 0.25) is 5.91 Å². The molecule has 2 aromatic heterocycles. The zero-order valence-corrected chi connectivity index (χ0v) is 14.5. The van der Waals surface area contributed by atoms with Gasteiger partial charge in [-0.15, -0.1) is 13.2 Å². The van der Waals surface area contributed by atoms with Gasteiger partial charge < -0.3 is 19.6 Å². The smallest absolute Gasteiger partial charge is 0.406 e. The topological polar surface area (TPSA) is 75.9 Å². The fourth-order valence-corrected chi connectivity index (χ4v) is 2.83. The lowest BCUT2D eigenvalue weighted by molar-refractivity contribution is -0.274. The lowest BCUT2D eigenvalue weighted by Gasteiger charge is -2.15. The summed E-state index contributed by atoms with van der Waals surface area (Å²) in [6.45, 7) is 3.24. The van der Waals surface area contributed by atoms with Gasteiger partial charge in [0, 0.05) is 24.5 Å². The van der Waals surface area contributed by atoms with E-state index in [0.29, 0.717) is 28.0 Å². The summed E-state index contributed by atoms with van der Waals surface area (Å²) in [4.78, 5) is 15.8. The first-order valence-corrected chi connectivity index (χ1v) is 8.17. The van der Waals surface area contributed by atoms with E-state index in [1.165, 1.54) is 24.3 Å². The van der Waals surface area contributed by atoms with E-state index in [1.807, 2.05) is 0 Å². The molecular formula is C19H16F3N3O3. The molecule has 28 heavy (non-hydrogen) atoms. The number of alkyl halides is 3. The number of aliphatic hydroxyl groups excluding tert-OH is 1. The largest absolute Gasteiger partial charge is 0.573 e. The molecule has 6 nitrogen and oxygen atoms in total. The van der Waals surface area contributed by atoms with E-state index in [2.05, 4.69) is 21.6 Å². The molecule has 0 unspecified atom stereocenters. The number of imidazole rings is 1. The van der Waals surface area contributed by atoms with Gasteiger partial charge in [-0.05, 0) is 35.4 Å². The molecular weight excluding hydrogens is 375 g/mol. The van der Waals surface area contributed by atoms with E-state index in [1.54, 1.807) is 22.9 Å². The van der Waals surface area contributed by atoms with Crippen molar-refractivity contribution < 1.29 is 27.8 Å². The minimum atomic E-state index is -4.77. The predicted molar refractivity (Wildman–Crippen MR) is 95.3 cm³/mol. The van der Waals surface area contributed by atoms with Gasteiger partial charge in [-0.2, -0.15) is 0 Å². The van der Waals surface area contributed by atoms with Crippen LogP contribution < -0.4 is 10.1 Å². The Morgan fingerprint density at radius 2 is 2.04 bits per heavy atom. The van der Waals surface area contributed by atoms with Crippen LogP contribution in [0.15, 0.2) is 55.4 Å². The summed E-state index contributed by atoms with van der Waals surface area (Å²) in [5.41, 5.74) is 2.92. The maximum atomic E-state index is 12.3. The minimum absolute atomic E-state index is 0.136. The molecule has 0 aliphatic rings. The Hall–Kier alpha value is -3.33. The molecule has 3 aromatic rings. The molecule has 0 saturated carbocycles. The van der Waals surface area contributed by atoms with Gasteiger partial charge in [0.1, 0.15) is 11.4 Å². The molecule has 146 valence electrons. The van der Waals surface area contributed by atoms with E-state index in [-0.39, 0.29) is 24.8 Å². The van der Waals surface area contributed by atoms with Crippen molar-refractivity contribution in [2.24, 2.45) is 0 Å². The van der Waals surface area contributed by atoms with Crippen LogP contribution >= 0.6 is 0 Å². The molecule has 2 heterocycles. The molecule has 0 bridgehead atoms. The van der Waals surface area contributed by atoms with Crippen LogP contribution in [0.1, 0.15) is 11.3 Å². The Bertz CT molecular complexity index is 1010. The van der Waals surface area contributed by atoms with Crippen LogP contribution in [0.2, 0.25) is 0 Å². The zero-order chi connectivity index (χ0) is 20.3. The van der Waals surface area contributed by atoms with Crippen LogP contribution in [0.5, 0.6) is 5.75 Å². The molecule has 0 aliphatic heterocycles. The van der Waals surface area contributed by atoms with Crippen molar-refractivity contribution in [2.45, 2.75) is 19.5 Å². The van der Waals surface area contributed by atoms with E-state index in [9.17, 15) is 23.1 Å². The third-order valence-corrected chi connectivity index (χ3v) is 4.05. The Morgan fingerprint density at radius 3 is 2.64 bits per heavy atom. The average Bonchev–Trinajstić information content (AvgIpc) is 3.14. The second-order valence-electron chi connectivity index (χ2n) is 5.80. The lowest BCUT2D eigenvalue weighted by atomic mass is 10.0. The summed E-state index contributed by atoms with van der Waals surface area (Å²) in [5.74, 6) is -0.703. The number of aromatic nitrogens is 2. The number of fused-ring (bicyclic) bond motifs is 1. The van der Waals surface area contributed by atoms with Gasteiger partial charge in [0.05, 0.1) is 12.3 Å². The van der Waals surface area contributed by atoms with Crippen LogP contribution in [-0.2, 0) is 17.9 Å². The highest BCUT2D eigenvalue weighted by Crippen LogP contribution is 2.30. The number of nitrogens with zero attached hydrogens (tertiary/aromatic N) is 2. The number of hydrogen-bond acceptors (Lipinski definition) is 4. The third kappa shape index (κ3) is 4.15. The van der Waals surface area contributed by atoms with Crippen molar-refractivity contribution in [2.75, 3.05) is 0 Å². The molecule has 1 aromatic carbocycles. The molecule has 0 fully saturated rings. The molecule has 0 atom stereocenters. The summed E-state index contributed by atoms with van der Waals surface area (Å²) in [7, 11) is 0. The highest BCUT2D eigenvalue weighted by atomic mass is 19.4. The first-order chi connectivity index (χ1) is 13.3. The van der Waals surface area contributed by atoms with Crippen molar-refractivity contribution in [3.05, 3.63) is 66.6 Å². The van der Waals surface area contributed by atoms with E-state index in [0.717, 1.165) is 6.08 Å². The summed E-state index contributed by atoms with van der Waals surface area (Å²) in [5, 5.41) is 12.4. The van der Waals surface area contributed by atoms with E-state index >= 15 is 0 Å². The molecule has 0 aliphatic carbocycles. The van der Waals surface area contributed by atoms with Crippen molar-refractivity contribution in [3.63, 3.8) is 0 Å². The number of amides is 1. The number of nitrogens with one attached hydrogen (secondary N) is 1. The number of carbonyl (C=O) groups excluding carboxylic acids is 1. The molecule has 0 radical (unpaired) electrons. The Labute approximate surface area is 157 Å². The maximum Gasteiger partial charge on any atom is 0.573 e. The summed E-state index contributed by atoms with van der Waals surface area (Å²) >= 11 is 0. The van der Waals surface area contributed by atoms with Crippen LogP contribution in [0, 0.1) is 0 Å². The molecule has 3 rings (SSSR count). The molecule has 2 N–H and O–H groups in total. The molecule has 1 amide bonds. The number of rotatable bonds is 6. The summed E-state index contributed by atoms with van der Waals surface area (Å²) in [6.07, 6.45) is -0.429. The normalized spacial score (nSPS) is 11.4. The molecule has 0 spiro atoms. The third-order valence-electron chi connectivity index (χ3n) is 4.05. The summed E-state index contributed by atoms with van der Waals surface area (Å²) in [6, 6.07) is 7.12. The second-order valence-corrected chi connectivity index (χ2v) is 5.80. The monoisotopic (exact) mass is 391 g/mol. The van der Waals surface area contributed by atoms with E-state index < -0.39 is 6.36 Å². The SMILES string of the molecule is C=CC(=O)NCc1cc(-c2ccc(OC(F)(F)F)cc2)c2nccn2c1CO. The van der Waals surface area contributed by atoms with Gasteiger partial charge in [0.15, 0.2) is 0 Å². The maximum absolute atomic E-state index is 12.3. The molecule has 9 heteroatoms. The Kier molecular flexibility index (Phi) is 5.36. The predicted octanol–water partition coefficient (Wildman–Crippen LogP) is 3.19. The van der Waals surface area contributed by atoms with Crippen molar-refractivity contribution in [3.8, 4) is 16.9 Å². The van der Waals surface area contributed by atoms with Gasteiger partial charge in [-0.25, -0.2) is 4.98 Å². The number of carbonyl (C=O) groups is 1. The number of aliphatic hydroxyl groups is 1. The second kappa shape index (κ2) is 7.73. The Balaban J connectivity index is 2.04. The number of halogens is 3. The zero-order valence-electron chi connectivity index (χ0n) is 14.5. The summed E-state index contributed by atoms with van der Waals surface area (Å²) < 4.78 is 42.6. The van der Waals surface area contributed by atoms with E-state index in [4.69, 9.17) is 0 Å². The Morgan fingerprint density at radius 1 is 1.32 bits per heavy atom. The fraction of sp³-hybridized carbons (Fsp3) is 0.158. The van der Waals surface area contributed by atoms with Crippen molar-refractivity contribution in [1.29, 1.82) is 0 Å². The van der Waals surface area contributed by atoms with Crippen LogP contribution in [-0.4, -0.2) is 26.8 Å². The van der Waals surface area contributed by atoms with Crippen LogP contribution in [0.25, 0.3) is 16.8 Å². The molecule has 0 saturated heterocycles. The standard InChI is InChI=1S/C19H16F3N3O3/c1-2-17(27)24-10-13-9-15(18-23-7-8-25(18)16(13)11-26)12-3-5-14(6-4-12)28-19(20,21)22/h2-9,26H,1,10-11H2,(H,24,27). The van der Waals surface area contributed by atoms with Crippen LogP contribution in [0.3, 0.4) is 0 Å². The highest BCUT2D eigenvalue weighted by molar-refractivity contribution is 5.87. The first kappa shape index (κ1) is 19.4. The quantitative estimate of drug-likeness (QED) is 0.633. The van der Waals surface area contributed by atoms with Crippen molar-refractivity contribution in [1.82, 2.24) is 14.7 Å². The first-order valence-electron chi connectivity index (χ1n) is 8.17. The fourth-order valence-electron chi connectivity index (χ4n) is 2.83. The highest BCUT2D eigenvalue weighted by Gasteiger charge is 2.31. The number of ether oxygens (including phenoxy) is 1. The van der Waals surface area contributed by atoms with Gasteiger partial charge in [-0.3, -0.25) is 4.79 Å². The number of benzene rings is 1. The van der Waals surface area contributed by atoms with Crippen LogP contribution in [0.4, 0.5) is 13.2 Å².